The molecule has 1 saturated heterocycles. The minimum absolute atomic E-state index is 0.189. The van der Waals surface area contributed by atoms with Crippen molar-refractivity contribution in [1.29, 1.82) is 0 Å². The lowest BCUT2D eigenvalue weighted by molar-refractivity contribution is -0.150. The minimum Gasteiger partial charge on any atom is -0.467 e. The van der Waals surface area contributed by atoms with E-state index in [-0.39, 0.29) is 17.7 Å². The number of piperidine rings is 1. The van der Waals surface area contributed by atoms with E-state index >= 15 is 0 Å². The predicted molar refractivity (Wildman–Crippen MR) is 108 cm³/mol. The van der Waals surface area contributed by atoms with Crippen LogP contribution in [0.2, 0.25) is 0 Å². The molecule has 3 heterocycles. The molecule has 29 heavy (non-hydrogen) atoms. The Morgan fingerprint density at radius 2 is 1.97 bits per heavy atom. The van der Waals surface area contributed by atoms with Crippen LogP contribution < -0.4 is 4.90 Å². The third-order valence-electron chi connectivity index (χ3n) is 5.57. The second-order valence-electron chi connectivity index (χ2n) is 8.22. The Kier molecular flexibility index (Phi) is 5.84. The lowest BCUT2D eigenvalue weighted by atomic mass is 9.82. The van der Waals surface area contributed by atoms with Gasteiger partial charge in [0.1, 0.15) is 11.5 Å². The number of aliphatic hydroxyl groups is 1. The standard InChI is InChI=1S/C21H29N3O5/c1-6-29-19(26)14-12-24-15(22-14)11-13(2)16(17(25)20(27)28-5)18(24)23-9-7-21(3,4)8-10-23/h11-12,17,25H,6-10H2,1-5H3/t17-/m0/s1. The summed E-state index contributed by atoms with van der Waals surface area (Å²) in [6.45, 7) is 9.80. The summed E-state index contributed by atoms with van der Waals surface area (Å²) in [6, 6.07) is 1.75. The Balaban J connectivity index is 2.18. The van der Waals surface area contributed by atoms with E-state index in [9.17, 15) is 14.7 Å². The first-order valence-electron chi connectivity index (χ1n) is 9.89. The highest BCUT2D eigenvalue weighted by Gasteiger charge is 2.32. The number of pyridine rings is 1. The molecule has 8 heteroatoms. The third-order valence-corrected chi connectivity index (χ3v) is 5.57. The van der Waals surface area contributed by atoms with Crippen molar-refractivity contribution < 1.29 is 24.2 Å². The van der Waals surface area contributed by atoms with Crippen LogP contribution in [0.3, 0.4) is 0 Å². The second-order valence-corrected chi connectivity index (χ2v) is 8.22. The molecule has 1 atom stereocenters. The first-order chi connectivity index (χ1) is 13.7. The molecule has 1 N–H and O–H groups in total. The number of aryl methyl sites for hydroxylation is 1. The highest BCUT2D eigenvalue weighted by molar-refractivity contribution is 5.88. The zero-order valence-corrected chi connectivity index (χ0v) is 17.7. The summed E-state index contributed by atoms with van der Waals surface area (Å²) in [5.74, 6) is -0.567. The van der Waals surface area contributed by atoms with Gasteiger partial charge in [0.05, 0.1) is 13.7 Å². The third kappa shape index (κ3) is 4.07. The molecule has 2 aromatic heterocycles. The zero-order valence-electron chi connectivity index (χ0n) is 17.7. The quantitative estimate of drug-likeness (QED) is 0.767. The summed E-state index contributed by atoms with van der Waals surface area (Å²) < 4.78 is 11.6. The monoisotopic (exact) mass is 403 g/mol. The van der Waals surface area contributed by atoms with Crippen LogP contribution in [0.15, 0.2) is 12.3 Å². The van der Waals surface area contributed by atoms with E-state index < -0.39 is 18.0 Å². The van der Waals surface area contributed by atoms with Crippen LogP contribution in [0, 0.1) is 12.3 Å². The molecule has 0 amide bonds. The van der Waals surface area contributed by atoms with Gasteiger partial charge in [-0.25, -0.2) is 14.6 Å². The molecule has 0 saturated carbocycles. The van der Waals surface area contributed by atoms with Crippen molar-refractivity contribution in [3.8, 4) is 0 Å². The Hall–Kier alpha value is -2.61. The number of methoxy groups -OCH3 is 1. The fourth-order valence-corrected chi connectivity index (χ4v) is 3.76. The SMILES string of the molecule is CCOC(=O)c1cn2c(N3CCC(C)(C)CC3)c([C@H](O)C(=O)OC)c(C)cc2n1. The van der Waals surface area contributed by atoms with Crippen molar-refractivity contribution >= 4 is 23.4 Å². The molecule has 0 radical (unpaired) electrons. The predicted octanol–water partition coefficient (Wildman–Crippen LogP) is 2.65. The number of aliphatic hydroxyl groups excluding tert-OH is 1. The highest BCUT2D eigenvalue weighted by atomic mass is 16.5. The van der Waals surface area contributed by atoms with E-state index in [1.807, 2.05) is 6.92 Å². The van der Waals surface area contributed by atoms with Gasteiger partial charge in [0, 0.05) is 24.8 Å². The van der Waals surface area contributed by atoms with Gasteiger partial charge in [-0.2, -0.15) is 0 Å². The van der Waals surface area contributed by atoms with Gasteiger partial charge in [0.2, 0.25) is 0 Å². The van der Waals surface area contributed by atoms with Gasteiger partial charge in [-0.1, -0.05) is 13.8 Å². The van der Waals surface area contributed by atoms with E-state index in [1.165, 1.54) is 7.11 Å². The number of nitrogens with zero attached hydrogens (tertiary/aromatic N) is 3. The normalized spacial score (nSPS) is 17.2. The van der Waals surface area contributed by atoms with Gasteiger partial charge in [-0.15, -0.1) is 0 Å². The van der Waals surface area contributed by atoms with Crippen LogP contribution in [0.25, 0.3) is 5.65 Å². The molecule has 1 fully saturated rings. The average Bonchev–Trinajstić information content (AvgIpc) is 3.10. The zero-order chi connectivity index (χ0) is 21.3. The fraction of sp³-hybridized carbons (Fsp3) is 0.571. The number of aromatic nitrogens is 2. The summed E-state index contributed by atoms with van der Waals surface area (Å²) in [5, 5.41) is 10.7. The van der Waals surface area contributed by atoms with E-state index in [0.717, 1.165) is 25.9 Å². The molecule has 1 aliphatic rings. The maximum Gasteiger partial charge on any atom is 0.358 e. The highest BCUT2D eigenvalue weighted by Crippen LogP contribution is 2.37. The van der Waals surface area contributed by atoms with Crippen LogP contribution in [0.5, 0.6) is 0 Å². The molecule has 0 aromatic carbocycles. The first kappa shape index (κ1) is 21.1. The summed E-state index contributed by atoms with van der Waals surface area (Å²) >= 11 is 0. The fourth-order valence-electron chi connectivity index (χ4n) is 3.76. The number of fused-ring (bicyclic) bond motifs is 1. The lowest BCUT2D eigenvalue weighted by Crippen LogP contribution is -2.39. The Labute approximate surface area is 170 Å². The van der Waals surface area contributed by atoms with Crippen LogP contribution in [0.4, 0.5) is 5.82 Å². The molecule has 0 aliphatic carbocycles. The van der Waals surface area contributed by atoms with Gasteiger partial charge in [0.25, 0.3) is 0 Å². The smallest absolute Gasteiger partial charge is 0.358 e. The van der Waals surface area contributed by atoms with Crippen LogP contribution >= 0.6 is 0 Å². The Morgan fingerprint density at radius 1 is 1.31 bits per heavy atom. The maximum absolute atomic E-state index is 12.2. The molecule has 3 rings (SSSR count). The molecular formula is C21H29N3O5. The van der Waals surface area contributed by atoms with E-state index in [2.05, 4.69) is 23.7 Å². The number of esters is 2. The summed E-state index contributed by atoms with van der Waals surface area (Å²) in [5.41, 5.74) is 2.15. The van der Waals surface area contributed by atoms with Crippen LogP contribution in [-0.2, 0) is 14.3 Å². The molecule has 2 aromatic rings. The molecule has 8 nitrogen and oxygen atoms in total. The summed E-state index contributed by atoms with van der Waals surface area (Å²) in [4.78, 5) is 30.9. The van der Waals surface area contributed by atoms with Crippen molar-refractivity contribution in [2.75, 3.05) is 31.7 Å². The second kappa shape index (κ2) is 8.02. The molecule has 0 spiro atoms. The van der Waals surface area contributed by atoms with Crippen molar-refractivity contribution in [1.82, 2.24) is 9.38 Å². The number of rotatable bonds is 5. The molecule has 158 valence electrons. The van der Waals surface area contributed by atoms with E-state index in [1.54, 1.807) is 23.6 Å². The Bertz CT molecular complexity index is 924. The number of hydrogen-bond acceptors (Lipinski definition) is 7. The van der Waals surface area contributed by atoms with Crippen molar-refractivity contribution in [2.24, 2.45) is 5.41 Å². The lowest BCUT2D eigenvalue weighted by Gasteiger charge is -2.39. The number of anilines is 1. The van der Waals surface area contributed by atoms with Crippen LogP contribution in [0.1, 0.15) is 61.3 Å². The number of hydrogen-bond donors (Lipinski definition) is 1. The number of carbonyl (C=O) groups is 2. The molecule has 0 unspecified atom stereocenters. The first-order valence-corrected chi connectivity index (χ1v) is 9.89. The maximum atomic E-state index is 12.2. The van der Waals surface area contributed by atoms with Crippen molar-refractivity contribution in [2.45, 2.75) is 46.6 Å². The van der Waals surface area contributed by atoms with Crippen molar-refractivity contribution in [3.63, 3.8) is 0 Å². The number of ether oxygens (including phenoxy) is 2. The van der Waals surface area contributed by atoms with Crippen molar-refractivity contribution in [3.05, 3.63) is 29.1 Å². The summed E-state index contributed by atoms with van der Waals surface area (Å²) in [7, 11) is 1.25. The van der Waals surface area contributed by atoms with E-state index in [0.29, 0.717) is 22.6 Å². The van der Waals surface area contributed by atoms with E-state index in [4.69, 9.17) is 9.47 Å². The molecular weight excluding hydrogens is 374 g/mol. The number of imidazole rings is 1. The van der Waals surface area contributed by atoms with Crippen LogP contribution in [-0.4, -0.2) is 53.2 Å². The van der Waals surface area contributed by atoms with Gasteiger partial charge in [-0.3, -0.25) is 4.40 Å². The van der Waals surface area contributed by atoms with Gasteiger partial charge >= 0.3 is 11.9 Å². The largest absolute Gasteiger partial charge is 0.467 e. The molecule has 1 aliphatic heterocycles. The average molecular weight is 403 g/mol. The summed E-state index contributed by atoms with van der Waals surface area (Å²) in [6.07, 6.45) is 2.11. The van der Waals surface area contributed by atoms with Gasteiger partial charge < -0.3 is 19.5 Å². The topological polar surface area (TPSA) is 93.4 Å². The van der Waals surface area contributed by atoms with Gasteiger partial charge in [-0.05, 0) is 43.7 Å². The van der Waals surface area contributed by atoms with Gasteiger partial charge in [0.15, 0.2) is 11.8 Å². The molecule has 0 bridgehead atoms. The number of carbonyl (C=O) groups excluding carboxylic acids is 2. The Morgan fingerprint density at radius 3 is 2.55 bits per heavy atom. The minimum atomic E-state index is -1.43.